The van der Waals surface area contributed by atoms with Gasteiger partial charge in [0.25, 0.3) is 5.91 Å². The minimum absolute atomic E-state index is 0.246. The van der Waals surface area contributed by atoms with Crippen LogP contribution in [-0.2, 0) is 0 Å². The zero-order valence-electron chi connectivity index (χ0n) is 13.6. The third kappa shape index (κ3) is 3.84. The van der Waals surface area contributed by atoms with Crippen LogP contribution in [-0.4, -0.2) is 25.3 Å². The van der Waals surface area contributed by atoms with Gasteiger partial charge in [-0.2, -0.15) is 0 Å². The molecule has 0 atom stereocenters. The number of benzene rings is 1. The van der Waals surface area contributed by atoms with Crippen LogP contribution < -0.4 is 10.1 Å². The van der Waals surface area contributed by atoms with Crippen molar-refractivity contribution in [2.45, 2.75) is 0 Å². The molecule has 134 valence electrons. The molecule has 0 bridgehead atoms. The lowest BCUT2D eigenvalue weighted by atomic mass is 10.3. The Morgan fingerprint density at radius 1 is 1.15 bits per heavy atom. The lowest BCUT2D eigenvalue weighted by Crippen LogP contribution is -2.12. The largest absolute Gasteiger partial charge is 0.437 e. The number of nitrogens with one attached hydrogen (secondary N) is 1. The van der Waals surface area contributed by atoms with Crippen molar-refractivity contribution in [3.8, 4) is 11.6 Å². The van der Waals surface area contributed by atoms with Crippen LogP contribution in [0.3, 0.4) is 0 Å². The summed E-state index contributed by atoms with van der Waals surface area (Å²) in [6, 6.07) is 9.94. The summed E-state index contributed by atoms with van der Waals surface area (Å²) in [5.41, 5.74) is 0.752. The predicted molar refractivity (Wildman–Crippen MR) is 102 cm³/mol. The molecule has 0 aliphatic carbocycles. The molecule has 1 aromatic carbocycles. The molecule has 4 rings (SSSR count). The Hall–Kier alpha value is -3.16. The Labute approximate surface area is 163 Å². The minimum atomic E-state index is -0.371. The summed E-state index contributed by atoms with van der Waals surface area (Å²) in [4.78, 5) is 24.7. The number of aromatic nitrogens is 4. The van der Waals surface area contributed by atoms with E-state index in [2.05, 4.69) is 20.3 Å². The Kier molecular flexibility index (Phi) is 4.62. The van der Waals surface area contributed by atoms with Crippen LogP contribution in [0.25, 0.3) is 5.78 Å². The molecule has 1 N–H and O–H groups in total. The molecule has 3 aromatic heterocycles. The summed E-state index contributed by atoms with van der Waals surface area (Å²) >= 11 is 12.0. The molecule has 3 heterocycles. The lowest BCUT2D eigenvalue weighted by molar-refractivity contribution is 0.102. The SMILES string of the molecule is O=C(Nc1ccc(Oc2ccc(Cl)cn2)c(Cl)c1)c1cn2cccnc2n1. The molecule has 0 radical (unpaired) electrons. The van der Waals surface area contributed by atoms with E-state index in [1.54, 1.807) is 59.4 Å². The standard InChI is InChI=1S/C18H11Cl2N5O2/c19-11-2-5-16(22-9-11)27-15-4-3-12(8-13(15)20)23-17(26)14-10-25-7-1-6-21-18(25)24-14/h1-10H,(H,23,26). The van der Waals surface area contributed by atoms with Crippen LogP contribution in [0, 0.1) is 0 Å². The number of fused-ring (bicyclic) bond motifs is 1. The van der Waals surface area contributed by atoms with Crippen molar-refractivity contribution in [3.63, 3.8) is 0 Å². The van der Waals surface area contributed by atoms with Gasteiger partial charge in [0.1, 0.15) is 11.4 Å². The maximum absolute atomic E-state index is 12.4. The summed E-state index contributed by atoms with van der Waals surface area (Å²) in [5.74, 6) is 0.834. The molecular weight excluding hydrogens is 389 g/mol. The summed E-state index contributed by atoms with van der Waals surface area (Å²) in [6.07, 6.45) is 6.45. The zero-order valence-corrected chi connectivity index (χ0v) is 15.1. The van der Waals surface area contributed by atoms with Crippen molar-refractivity contribution in [1.82, 2.24) is 19.4 Å². The van der Waals surface area contributed by atoms with Crippen molar-refractivity contribution in [1.29, 1.82) is 0 Å². The number of anilines is 1. The summed E-state index contributed by atoms with van der Waals surface area (Å²) in [7, 11) is 0. The lowest BCUT2D eigenvalue weighted by Gasteiger charge is -2.09. The van der Waals surface area contributed by atoms with Gasteiger partial charge in [0.2, 0.25) is 11.7 Å². The van der Waals surface area contributed by atoms with E-state index in [-0.39, 0.29) is 11.6 Å². The van der Waals surface area contributed by atoms with Gasteiger partial charge in [-0.3, -0.25) is 9.20 Å². The number of carbonyl (C=O) groups is 1. The number of pyridine rings is 1. The second-order valence-electron chi connectivity index (χ2n) is 5.47. The topological polar surface area (TPSA) is 81.4 Å². The number of amides is 1. The average Bonchev–Trinajstić information content (AvgIpc) is 3.10. The van der Waals surface area contributed by atoms with Crippen molar-refractivity contribution in [2.24, 2.45) is 0 Å². The van der Waals surface area contributed by atoms with Gasteiger partial charge in [-0.05, 0) is 30.3 Å². The molecule has 0 spiro atoms. The fourth-order valence-electron chi connectivity index (χ4n) is 2.33. The van der Waals surface area contributed by atoms with Crippen LogP contribution in [0.2, 0.25) is 10.0 Å². The first kappa shape index (κ1) is 17.3. The fourth-order valence-corrected chi connectivity index (χ4v) is 2.66. The van der Waals surface area contributed by atoms with E-state index in [0.29, 0.717) is 33.1 Å². The Bertz CT molecular complexity index is 1100. The van der Waals surface area contributed by atoms with Gasteiger partial charge in [-0.25, -0.2) is 15.0 Å². The first-order valence-electron chi connectivity index (χ1n) is 7.78. The van der Waals surface area contributed by atoms with Crippen LogP contribution in [0.1, 0.15) is 10.5 Å². The van der Waals surface area contributed by atoms with Crippen molar-refractivity contribution in [3.05, 3.63) is 76.9 Å². The number of nitrogens with zero attached hydrogens (tertiary/aromatic N) is 4. The third-order valence-corrected chi connectivity index (χ3v) is 4.09. The molecule has 4 aromatic rings. The second kappa shape index (κ2) is 7.22. The van der Waals surface area contributed by atoms with Gasteiger partial charge in [0.15, 0.2) is 0 Å². The van der Waals surface area contributed by atoms with Crippen LogP contribution in [0.4, 0.5) is 5.69 Å². The number of hydrogen-bond acceptors (Lipinski definition) is 5. The highest BCUT2D eigenvalue weighted by Gasteiger charge is 2.13. The van der Waals surface area contributed by atoms with Gasteiger partial charge < -0.3 is 10.1 Å². The number of ether oxygens (including phenoxy) is 1. The highest BCUT2D eigenvalue weighted by atomic mass is 35.5. The van der Waals surface area contributed by atoms with Gasteiger partial charge in [0, 0.05) is 36.5 Å². The Morgan fingerprint density at radius 2 is 2.04 bits per heavy atom. The highest BCUT2D eigenvalue weighted by Crippen LogP contribution is 2.31. The van der Waals surface area contributed by atoms with E-state index >= 15 is 0 Å². The smallest absolute Gasteiger partial charge is 0.275 e. The van der Waals surface area contributed by atoms with Crippen LogP contribution >= 0.6 is 23.2 Å². The van der Waals surface area contributed by atoms with E-state index < -0.39 is 0 Å². The van der Waals surface area contributed by atoms with E-state index in [1.807, 2.05) is 0 Å². The molecule has 0 saturated carbocycles. The molecule has 27 heavy (non-hydrogen) atoms. The number of rotatable bonds is 4. The second-order valence-corrected chi connectivity index (χ2v) is 6.31. The predicted octanol–water partition coefficient (Wildman–Crippen LogP) is 4.48. The van der Waals surface area contributed by atoms with E-state index in [9.17, 15) is 4.79 Å². The van der Waals surface area contributed by atoms with Gasteiger partial charge >= 0.3 is 0 Å². The summed E-state index contributed by atoms with van der Waals surface area (Å²) in [6.45, 7) is 0. The molecule has 0 saturated heterocycles. The quantitative estimate of drug-likeness (QED) is 0.547. The summed E-state index contributed by atoms with van der Waals surface area (Å²) < 4.78 is 7.27. The first-order chi connectivity index (χ1) is 13.1. The van der Waals surface area contributed by atoms with Crippen LogP contribution in [0.15, 0.2) is 61.2 Å². The maximum atomic E-state index is 12.4. The summed E-state index contributed by atoms with van der Waals surface area (Å²) in [5, 5.41) is 3.57. The molecule has 9 heteroatoms. The molecule has 0 fully saturated rings. The van der Waals surface area contributed by atoms with E-state index in [4.69, 9.17) is 27.9 Å². The molecule has 7 nitrogen and oxygen atoms in total. The van der Waals surface area contributed by atoms with Gasteiger partial charge in [-0.1, -0.05) is 23.2 Å². The third-order valence-electron chi connectivity index (χ3n) is 3.57. The first-order valence-corrected chi connectivity index (χ1v) is 8.54. The Balaban J connectivity index is 1.50. The zero-order chi connectivity index (χ0) is 18.8. The van der Waals surface area contributed by atoms with Crippen molar-refractivity contribution >= 4 is 40.6 Å². The van der Waals surface area contributed by atoms with E-state index in [0.717, 1.165) is 0 Å². The molecule has 0 unspecified atom stereocenters. The average molecular weight is 400 g/mol. The monoisotopic (exact) mass is 399 g/mol. The number of halogens is 2. The minimum Gasteiger partial charge on any atom is -0.437 e. The number of hydrogen-bond donors (Lipinski definition) is 1. The van der Waals surface area contributed by atoms with Crippen molar-refractivity contribution < 1.29 is 9.53 Å². The highest BCUT2D eigenvalue weighted by molar-refractivity contribution is 6.32. The molecule has 1 amide bonds. The maximum Gasteiger partial charge on any atom is 0.275 e. The van der Waals surface area contributed by atoms with Gasteiger partial charge in [0.05, 0.1) is 10.0 Å². The molecular formula is C18H11Cl2N5O2. The molecule has 0 aliphatic heterocycles. The van der Waals surface area contributed by atoms with Gasteiger partial charge in [-0.15, -0.1) is 0 Å². The number of imidazole rings is 1. The fraction of sp³-hybridized carbons (Fsp3) is 0. The number of carbonyl (C=O) groups excluding carboxylic acids is 1. The van der Waals surface area contributed by atoms with Crippen molar-refractivity contribution in [2.75, 3.05) is 5.32 Å². The van der Waals surface area contributed by atoms with Crippen LogP contribution in [0.5, 0.6) is 11.6 Å². The normalized spacial score (nSPS) is 10.7. The molecule has 0 aliphatic rings. The van der Waals surface area contributed by atoms with E-state index in [1.165, 1.54) is 6.20 Å². The Morgan fingerprint density at radius 3 is 2.78 bits per heavy atom.